The van der Waals surface area contributed by atoms with Gasteiger partial charge in [0.05, 0.1) is 20.0 Å². The standard InChI is InChI=1S/C27H34N4O5S3.ClH/c1-6-16-30(17-7-2)39(35,36)22-12-10-21(11-13-22)26(32)31(19-18-29(8-3)9-4)27-28-24-15-14-23(38(5,33)34)20-25(24)37-27;/h6-7,10-15,20H,1-2,8-9,16-19H2,3-5H3;1H. The number of rotatable bonds is 14. The third kappa shape index (κ3) is 7.77. The van der Waals surface area contributed by atoms with Gasteiger partial charge in [-0.1, -0.05) is 37.3 Å². The Morgan fingerprint density at radius 3 is 2.02 bits per heavy atom. The molecule has 218 valence electrons. The van der Waals surface area contributed by atoms with Crippen LogP contribution in [0.15, 0.2) is 77.6 Å². The Kier molecular flexibility index (Phi) is 12.0. The van der Waals surface area contributed by atoms with Gasteiger partial charge < -0.3 is 4.90 Å². The monoisotopic (exact) mass is 626 g/mol. The van der Waals surface area contributed by atoms with Crippen LogP contribution in [0, 0.1) is 0 Å². The molecule has 0 atom stereocenters. The number of amides is 1. The van der Waals surface area contributed by atoms with Crippen LogP contribution >= 0.6 is 23.7 Å². The number of sulfonamides is 1. The van der Waals surface area contributed by atoms with Crippen LogP contribution in [0.2, 0.25) is 0 Å². The Bertz CT molecular complexity index is 1540. The summed E-state index contributed by atoms with van der Waals surface area (Å²) in [5.41, 5.74) is 0.901. The normalized spacial score (nSPS) is 11.9. The van der Waals surface area contributed by atoms with Crippen LogP contribution < -0.4 is 4.90 Å². The number of halogens is 1. The maximum absolute atomic E-state index is 13.7. The van der Waals surface area contributed by atoms with E-state index < -0.39 is 19.9 Å². The average molecular weight is 627 g/mol. The first-order valence-electron chi connectivity index (χ1n) is 12.4. The smallest absolute Gasteiger partial charge is 0.260 e. The van der Waals surface area contributed by atoms with Crippen LogP contribution in [-0.4, -0.2) is 82.5 Å². The largest absolute Gasteiger partial charge is 0.302 e. The lowest BCUT2D eigenvalue weighted by atomic mass is 10.2. The van der Waals surface area contributed by atoms with Crippen molar-refractivity contribution in [3.8, 4) is 0 Å². The molecule has 0 aliphatic heterocycles. The molecular formula is C27H35ClN4O5S3. The molecule has 0 radical (unpaired) electrons. The molecule has 1 amide bonds. The van der Waals surface area contributed by atoms with Crippen LogP contribution in [-0.2, 0) is 19.9 Å². The summed E-state index contributed by atoms with van der Waals surface area (Å²) in [4.78, 5) is 22.3. The molecule has 0 saturated heterocycles. The molecular weight excluding hydrogens is 592 g/mol. The third-order valence-corrected chi connectivity index (χ3v) is 10.2. The van der Waals surface area contributed by atoms with Gasteiger partial charge in [0.15, 0.2) is 15.0 Å². The van der Waals surface area contributed by atoms with Crippen molar-refractivity contribution in [2.45, 2.75) is 23.6 Å². The molecule has 1 aromatic heterocycles. The van der Waals surface area contributed by atoms with E-state index in [1.807, 2.05) is 13.8 Å². The van der Waals surface area contributed by atoms with E-state index in [0.717, 1.165) is 19.3 Å². The lowest BCUT2D eigenvalue weighted by molar-refractivity contribution is 0.0983. The number of aromatic nitrogens is 1. The van der Waals surface area contributed by atoms with Gasteiger partial charge in [-0.2, -0.15) is 4.31 Å². The van der Waals surface area contributed by atoms with E-state index >= 15 is 0 Å². The number of hydrogen-bond donors (Lipinski definition) is 0. The van der Waals surface area contributed by atoms with Crippen molar-refractivity contribution in [3.05, 3.63) is 73.3 Å². The zero-order chi connectivity index (χ0) is 28.8. The maximum Gasteiger partial charge on any atom is 0.260 e. The summed E-state index contributed by atoms with van der Waals surface area (Å²) in [6.45, 7) is 14.2. The molecule has 0 N–H and O–H groups in total. The van der Waals surface area contributed by atoms with Gasteiger partial charge in [-0.25, -0.2) is 21.8 Å². The molecule has 0 spiro atoms. The number of carbonyl (C=O) groups is 1. The maximum atomic E-state index is 13.7. The first-order chi connectivity index (χ1) is 18.5. The second-order valence-corrected chi connectivity index (χ2v) is 13.8. The van der Waals surface area contributed by atoms with Gasteiger partial charge in [-0.15, -0.1) is 25.6 Å². The van der Waals surface area contributed by atoms with Crippen molar-refractivity contribution < 1.29 is 21.6 Å². The Hall–Kier alpha value is -2.61. The van der Waals surface area contributed by atoms with Crippen LogP contribution in [0.25, 0.3) is 10.2 Å². The molecule has 0 aliphatic rings. The minimum atomic E-state index is -3.80. The number of anilines is 1. The van der Waals surface area contributed by atoms with E-state index in [-0.39, 0.29) is 41.2 Å². The number of fused-ring (bicyclic) bond motifs is 1. The Labute approximate surface area is 247 Å². The van der Waals surface area contributed by atoms with Gasteiger partial charge in [-0.05, 0) is 55.6 Å². The zero-order valence-corrected chi connectivity index (χ0v) is 26.1. The minimum absolute atomic E-state index is 0. The highest BCUT2D eigenvalue weighted by atomic mass is 35.5. The molecule has 2 aromatic carbocycles. The van der Waals surface area contributed by atoms with E-state index in [2.05, 4.69) is 23.0 Å². The molecule has 0 saturated carbocycles. The van der Waals surface area contributed by atoms with Crippen LogP contribution in [0.1, 0.15) is 24.2 Å². The second-order valence-electron chi connectivity index (χ2n) is 8.81. The zero-order valence-electron chi connectivity index (χ0n) is 22.8. The van der Waals surface area contributed by atoms with Gasteiger partial charge in [0.1, 0.15) is 0 Å². The SMILES string of the molecule is C=CCN(CC=C)S(=O)(=O)c1ccc(C(=O)N(CCN(CC)CC)c2nc3ccc(S(C)(=O)=O)cc3s2)cc1.Cl. The third-order valence-electron chi connectivity index (χ3n) is 6.19. The van der Waals surface area contributed by atoms with Gasteiger partial charge in [0, 0.05) is 38.0 Å². The fourth-order valence-electron chi connectivity index (χ4n) is 3.94. The topological polar surface area (TPSA) is 108 Å². The molecule has 0 unspecified atom stereocenters. The van der Waals surface area contributed by atoms with Crippen molar-refractivity contribution in [3.63, 3.8) is 0 Å². The highest BCUT2D eigenvalue weighted by Gasteiger charge is 2.25. The fourth-order valence-corrected chi connectivity index (χ4v) is 7.07. The summed E-state index contributed by atoms with van der Waals surface area (Å²) >= 11 is 1.24. The fraction of sp³-hybridized carbons (Fsp3) is 0.333. The number of hydrogen-bond acceptors (Lipinski definition) is 8. The number of likely N-dealkylation sites (N-methyl/N-ethyl adjacent to an activating group) is 1. The first-order valence-corrected chi connectivity index (χ1v) is 16.6. The lowest BCUT2D eigenvalue weighted by Gasteiger charge is -2.25. The van der Waals surface area contributed by atoms with Crippen molar-refractivity contribution in [2.24, 2.45) is 0 Å². The predicted molar refractivity (Wildman–Crippen MR) is 165 cm³/mol. The van der Waals surface area contributed by atoms with E-state index in [1.54, 1.807) is 17.0 Å². The number of nitrogens with zero attached hydrogens (tertiary/aromatic N) is 4. The van der Waals surface area contributed by atoms with Gasteiger partial charge in [0.25, 0.3) is 5.91 Å². The summed E-state index contributed by atoms with van der Waals surface area (Å²) in [5.74, 6) is -0.331. The lowest BCUT2D eigenvalue weighted by Crippen LogP contribution is -2.39. The Balaban J connectivity index is 0.00000560. The molecule has 40 heavy (non-hydrogen) atoms. The van der Waals surface area contributed by atoms with E-state index in [4.69, 9.17) is 0 Å². The molecule has 1 heterocycles. The van der Waals surface area contributed by atoms with E-state index in [1.165, 1.54) is 58.1 Å². The van der Waals surface area contributed by atoms with Crippen LogP contribution in [0.4, 0.5) is 5.13 Å². The van der Waals surface area contributed by atoms with Crippen molar-refractivity contribution in [1.29, 1.82) is 0 Å². The number of benzene rings is 2. The highest BCUT2D eigenvalue weighted by molar-refractivity contribution is 7.90. The van der Waals surface area contributed by atoms with Gasteiger partial charge >= 0.3 is 0 Å². The molecule has 3 rings (SSSR count). The number of sulfone groups is 1. The molecule has 3 aromatic rings. The van der Waals surface area contributed by atoms with Crippen LogP contribution in [0.5, 0.6) is 0 Å². The van der Waals surface area contributed by atoms with E-state index in [0.29, 0.717) is 34.0 Å². The number of carbonyl (C=O) groups excluding carboxylic acids is 1. The summed E-state index contributed by atoms with van der Waals surface area (Å²) in [6, 6.07) is 10.5. The Morgan fingerprint density at radius 2 is 1.50 bits per heavy atom. The van der Waals surface area contributed by atoms with Crippen molar-refractivity contribution >= 4 is 64.9 Å². The quantitative estimate of drug-likeness (QED) is 0.243. The minimum Gasteiger partial charge on any atom is -0.302 e. The molecule has 13 heteroatoms. The van der Waals surface area contributed by atoms with Crippen molar-refractivity contribution in [2.75, 3.05) is 50.4 Å². The molecule has 0 bridgehead atoms. The molecule has 0 fully saturated rings. The highest BCUT2D eigenvalue weighted by Crippen LogP contribution is 2.31. The van der Waals surface area contributed by atoms with Crippen molar-refractivity contribution in [1.82, 2.24) is 14.2 Å². The predicted octanol–water partition coefficient (Wildman–Crippen LogP) is 4.47. The first kappa shape index (κ1) is 33.6. The summed E-state index contributed by atoms with van der Waals surface area (Å²) in [5, 5.41) is 0.438. The van der Waals surface area contributed by atoms with E-state index in [9.17, 15) is 21.6 Å². The van der Waals surface area contributed by atoms with Gasteiger partial charge in [-0.3, -0.25) is 9.69 Å². The summed E-state index contributed by atoms with van der Waals surface area (Å²) in [6.07, 6.45) is 4.15. The Morgan fingerprint density at radius 1 is 0.925 bits per heavy atom. The average Bonchev–Trinajstić information content (AvgIpc) is 3.33. The molecule has 9 nitrogen and oxygen atoms in total. The number of thiazole rings is 1. The van der Waals surface area contributed by atoms with Gasteiger partial charge in [0.2, 0.25) is 10.0 Å². The second kappa shape index (κ2) is 14.3. The summed E-state index contributed by atoms with van der Waals surface area (Å²) in [7, 11) is -7.20. The summed E-state index contributed by atoms with van der Waals surface area (Å²) < 4.78 is 52.1. The van der Waals surface area contributed by atoms with Crippen LogP contribution in [0.3, 0.4) is 0 Å². The molecule has 0 aliphatic carbocycles.